The van der Waals surface area contributed by atoms with Gasteiger partial charge in [0, 0.05) is 21.5 Å². The minimum absolute atomic E-state index is 1.37. The van der Waals surface area contributed by atoms with E-state index >= 15 is 0 Å². The molecule has 38 heavy (non-hydrogen) atoms. The van der Waals surface area contributed by atoms with Crippen molar-refractivity contribution in [1.29, 1.82) is 0 Å². The van der Waals surface area contributed by atoms with E-state index in [2.05, 4.69) is 107 Å². The van der Waals surface area contributed by atoms with E-state index in [1.165, 1.54) is 122 Å². The predicted octanol–water partition coefficient (Wildman–Crippen LogP) is 10.5. The van der Waals surface area contributed by atoms with E-state index in [0.717, 1.165) is 0 Å². The lowest BCUT2D eigenvalue weighted by atomic mass is 9.85. The normalized spacial score (nSPS) is 12.3. The molecule has 0 saturated carbocycles. The molecule has 0 saturated heterocycles. The summed E-state index contributed by atoms with van der Waals surface area (Å²) in [5, 5.41) is 5.72. The van der Waals surface area contributed by atoms with Crippen molar-refractivity contribution in [3.05, 3.63) is 84.5 Å². The zero-order valence-electron chi connectivity index (χ0n) is 25.6. The maximum absolute atomic E-state index is 2.65. The predicted molar refractivity (Wildman–Crippen MR) is 168 cm³/mol. The van der Waals surface area contributed by atoms with Crippen LogP contribution in [-0.2, 0) is 0 Å². The molecule has 6 rings (SSSR count). The maximum Gasteiger partial charge on any atom is 0.0624 e. The van der Waals surface area contributed by atoms with E-state index < -0.39 is 0 Å². The smallest absolute Gasteiger partial charge is 0.0624 e. The highest BCUT2D eigenvalue weighted by Gasteiger charge is 2.28. The minimum Gasteiger partial charge on any atom is -0.307 e. The molecule has 0 atom stereocenters. The Balaban J connectivity index is 2.02. The highest BCUT2D eigenvalue weighted by atomic mass is 14.9. The highest BCUT2D eigenvalue weighted by Crippen LogP contribution is 2.49. The molecular formula is C37H41N. The van der Waals surface area contributed by atoms with Gasteiger partial charge in [0.05, 0.1) is 16.6 Å². The fraction of sp³-hybridized carbons (Fsp3) is 0.351. The van der Waals surface area contributed by atoms with Gasteiger partial charge in [-0.05, 0) is 180 Å². The summed E-state index contributed by atoms with van der Waals surface area (Å²) < 4.78 is 2.65. The molecule has 0 N–H and O–H groups in total. The van der Waals surface area contributed by atoms with Crippen molar-refractivity contribution in [2.45, 2.75) is 90.0 Å². The van der Waals surface area contributed by atoms with Gasteiger partial charge in [-0.2, -0.15) is 0 Å². The van der Waals surface area contributed by atoms with Crippen molar-refractivity contribution < 1.29 is 0 Å². The van der Waals surface area contributed by atoms with Gasteiger partial charge in [-0.25, -0.2) is 0 Å². The van der Waals surface area contributed by atoms with E-state index in [0.29, 0.717) is 0 Å². The van der Waals surface area contributed by atoms with Gasteiger partial charge in [0.25, 0.3) is 0 Å². The van der Waals surface area contributed by atoms with Gasteiger partial charge in [-0.1, -0.05) is 6.07 Å². The number of fused-ring (bicyclic) bond motifs is 6. The third-order valence-corrected chi connectivity index (χ3v) is 10.8. The number of aromatic nitrogens is 1. The van der Waals surface area contributed by atoms with E-state index in [1.54, 1.807) is 0 Å². The Morgan fingerprint density at radius 2 is 0.763 bits per heavy atom. The van der Waals surface area contributed by atoms with Crippen LogP contribution in [0.2, 0.25) is 0 Å². The quantitative estimate of drug-likeness (QED) is 0.212. The molecule has 0 bridgehead atoms. The molecule has 0 radical (unpaired) electrons. The lowest BCUT2D eigenvalue weighted by molar-refractivity contribution is 1.20. The van der Waals surface area contributed by atoms with E-state index in [1.807, 2.05) is 0 Å². The molecule has 2 aromatic heterocycles. The Bertz CT molecular complexity index is 2020. The lowest BCUT2D eigenvalue weighted by Gasteiger charge is -2.18. The van der Waals surface area contributed by atoms with Crippen molar-refractivity contribution in [3.63, 3.8) is 0 Å². The van der Waals surface area contributed by atoms with Gasteiger partial charge >= 0.3 is 0 Å². The van der Waals surface area contributed by atoms with Crippen molar-refractivity contribution >= 4 is 38.1 Å². The topological polar surface area (TPSA) is 4.41 Å². The average molecular weight is 500 g/mol. The number of rotatable bonds is 1. The number of hydrogen-bond donors (Lipinski definition) is 0. The molecule has 0 aliphatic carbocycles. The summed E-state index contributed by atoms with van der Waals surface area (Å²) in [4.78, 5) is 0. The molecular weight excluding hydrogens is 458 g/mol. The summed E-state index contributed by atoms with van der Waals surface area (Å²) in [7, 11) is 0. The summed E-state index contributed by atoms with van der Waals surface area (Å²) in [6, 6.07) is 4.96. The number of hydrogen-bond acceptors (Lipinski definition) is 0. The summed E-state index contributed by atoms with van der Waals surface area (Å²) in [5.74, 6) is 0. The van der Waals surface area contributed by atoms with Crippen LogP contribution in [0.5, 0.6) is 0 Å². The molecule has 0 aliphatic rings. The van der Waals surface area contributed by atoms with Crippen molar-refractivity contribution in [1.82, 2.24) is 4.40 Å². The molecule has 194 valence electrons. The number of benzene rings is 4. The second-order valence-corrected chi connectivity index (χ2v) is 12.2. The Morgan fingerprint density at radius 1 is 0.342 bits per heavy atom. The van der Waals surface area contributed by atoms with Crippen molar-refractivity contribution in [3.8, 4) is 11.1 Å². The van der Waals surface area contributed by atoms with Crippen LogP contribution in [0, 0.1) is 90.0 Å². The minimum atomic E-state index is 1.37. The van der Waals surface area contributed by atoms with Crippen LogP contribution < -0.4 is 0 Å². The standard InChI is InChI=1S/C37H41N/c1-16-14-29(23(8)18(3)17(16)2)30-15-31-32-24(9)19(4)21(6)26(11)35(32)38-36-27(12)22(7)20(5)25(10)33(36)34(28(30)13)37(31)38/h14-15H,1-13H3. The third kappa shape index (κ3) is 2.78. The van der Waals surface area contributed by atoms with E-state index in [4.69, 9.17) is 0 Å². The Labute approximate surface area is 227 Å². The molecule has 0 unspecified atom stereocenters. The Morgan fingerprint density at radius 3 is 1.34 bits per heavy atom. The number of nitrogens with zero attached hydrogens (tertiary/aromatic N) is 1. The van der Waals surface area contributed by atoms with E-state index in [-0.39, 0.29) is 0 Å². The van der Waals surface area contributed by atoms with Gasteiger partial charge in [-0.3, -0.25) is 0 Å². The van der Waals surface area contributed by atoms with Crippen LogP contribution in [0.3, 0.4) is 0 Å². The monoisotopic (exact) mass is 499 g/mol. The second kappa shape index (κ2) is 7.85. The first-order valence-electron chi connectivity index (χ1n) is 14.1. The van der Waals surface area contributed by atoms with Gasteiger partial charge in [0.2, 0.25) is 0 Å². The third-order valence-electron chi connectivity index (χ3n) is 10.8. The molecule has 0 aliphatic heterocycles. The van der Waals surface area contributed by atoms with Crippen LogP contribution in [0.4, 0.5) is 0 Å². The molecule has 6 aromatic rings. The zero-order chi connectivity index (χ0) is 27.7. The first-order valence-corrected chi connectivity index (χ1v) is 14.1. The number of aryl methyl sites for hydroxylation is 6. The van der Waals surface area contributed by atoms with E-state index in [9.17, 15) is 0 Å². The highest BCUT2D eigenvalue weighted by molar-refractivity contribution is 6.28. The van der Waals surface area contributed by atoms with Crippen LogP contribution in [-0.4, -0.2) is 4.40 Å². The van der Waals surface area contributed by atoms with Gasteiger partial charge < -0.3 is 4.40 Å². The summed E-state index contributed by atoms with van der Waals surface area (Å²) in [5.41, 5.74) is 25.3. The molecule has 0 amide bonds. The summed E-state index contributed by atoms with van der Waals surface area (Å²) in [6.45, 7) is 30.0. The van der Waals surface area contributed by atoms with Gasteiger partial charge in [0.1, 0.15) is 0 Å². The first kappa shape index (κ1) is 25.0. The average Bonchev–Trinajstić information content (AvgIpc) is 3.41. The second-order valence-electron chi connectivity index (χ2n) is 12.2. The summed E-state index contributed by atoms with van der Waals surface area (Å²) in [6.07, 6.45) is 0. The molecule has 1 heteroatoms. The molecule has 0 spiro atoms. The fourth-order valence-corrected chi connectivity index (χ4v) is 7.38. The van der Waals surface area contributed by atoms with Crippen molar-refractivity contribution in [2.75, 3.05) is 0 Å². The maximum atomic E-state index is 2.65. The van der Waals surface area contributed by atoms with Crippen LogP contribution in [0.1, 0.15) is 72.3 Å². The molecule has 2 heterocycles. The van der Waals surface area contributed by atoms with Crippen LogP contribution in [0.25, 0.3) is 49.2 Å². The van der Waals surface area contributed by atoms with Crippen molar-refractivity contribution in [2.24, 2.45) is 0 Å². The molecule has 4 aromatic carbocycles. The van der Waals surface area contributed by atoms with Gasteiger partial charge in [0.15, 0.2) is 0 Å². The van der Waals surface area contributed by atoms with Crippen LogP contribution >= 0.6 is 0 Å². The molecule has 1 nitrogen and oxygen atoms in total. The fourth-order valence-electron chi connectivity index (χ4n) is 7.38. The van der Waals surface area contributed by atoms with Gasteiger partial charge in [-0.15, -0.1) is 0 Å². The zero-order valence-corrected chi connectivity index (χ0v) is 25.6. The summed E-state index contributed by atoms with van der Waals surface area (Å²) >= 11 is 0. The lowest BCUT2D eigenvalue weighted by Crippen LogP contribution is -1.98. The Kier molecular flexibility index (Phi) is 5.16. The first-order chi connectivity index (χ1) is 17.8. The largest absolute Gasteiger partial charge is 0.307 e. The molecule has 0 fully saturated rings. The Hall–Kier alpha value is -3.32. The van der Waals surface area contributed by atoms with Crippen LogP contribution in [0.15, 0.2) is 12.1 Å². The SMILES string of the molecule is Cc1cc(-c2cc3c4c(C)c(C)c(C)c(C)c4n4c5c(C)c(C)c(C)c(C)c5c(c2C)c34)c(C)c(C)c1C.